The number of ether oxygens (including phenoxy) is 1. The first-order chi connectivity index (χ1) is 10.3. The number of pyridine rings is 1. The average molecular weight is 315 g/mol. The maximum absolute atomic E-state index is 12.2. The minimum atomic E-state index is -4.43. The lowest BCUT2D eigenvalue weighted by molar-refractivity contribution is -0.153. The molecule has 0 saturated carbocycles. The Labute approximate surface area is 123 Å². The van der Waals surface area contributed by atoms with Crippen molar-refractivity contribution in [2.45, 2.75) is 19.6 Å². The molecule has 0 fully saturated rings. The van der Waals surface area contributed by atoms with E-state index in [1.165, 1.54) is 29.2 Å². The molecule has 0 bridgehead atoms. The Morgan fingerprint density at radius 1 is 1.36 bits per heavy atom. The number of hydrogen-bond acceptors (Lipinski definition) is 4. The van der Waals surface area contributed by atoms with Crippen molar-refractivity contribution in [3.05, 3.63) is 41.7 Å². The number of halogens is 3. The number of carbonyl (C=O) groups is 1. The number of rotatable bonds is 5. The minimum Gasteiger partial charge on any atom is -0.484 e. The van der Waals surface area contributed by atoms with Gasteiger partial charge in [0.1, 0.15) is 5.75 Å². The maximum atomic E-state index is 12.2. The van der Waals surface area contributed by atoms with Crippen molar-refractivity contribution in [1.29, 1.82) is 0 Å². The van der Waals surface area contributed by atoms with Gasteiger partial charge in [-0.15, -0.1) is 0 Å². The third-order valence-electron chi connectivity index (χ3n) is 2.88. The Kier molecular flexibility index (Phi) is 4.34. The monoisotopic (exact) mass is 315 g/mol. The number of aromatic nitrogens is 3. The molecule has 0 aliphatic carbocycles. The van der Waals surface area contributed by atoms with Crippen molar-refractivity contribution in [2.75, 3.05) is 6.61 Å². The summed E-state index contributed by atoms with van der Waals surface area (Å²) < 4.78 is 42.7. The van der Waals surface area contributed by atoms with Crippen molar-refractivity contribution in [3.63, 3.8) is 0 Å². The Hall–Kier alpha value is -2.58. The molecular formula is C13H12F3N3O3. The van der Waals surface area contributed by atoms with Crippen LogP contribution in [-0.4, -0.2) is 38.4 Å². The highest BCUT2D eigenvalue weighted by Crippen LogP contribution is 2.23. The lowest BCUT2D eigenvalue weighted by Crippen LogP contribution is -2.20. The van der Waals surface area contributed by atoms with Crippen molar-refractivity contribution in [3.8, 4) is 5.75 Å². The van der Waals surface area contributed by atoms with Crippen molar-refractivity contribution in [1.82, 2.24) is 14.5 Å². The Bertz CT molecular complexity index is 683. The van der Waals surface area contributed by atoms with Crippen LogP contribution in [0.2, 0.25) is 0 Å². The van der Waals surface area contributed by atoms with Gasteiger partial charge >= 0.3 is 12.1 Å². The molecular weight excluding hydrogens is 303 g/mol. The first-order valence-corrected chi connectivity index (χ1v) is 6.16. The van der Waals surface area contributed by atoms with Crippen LogP contribution < -0.4 is 4.74 Å². The molecule has 2 aromatic heterocycles. The molecule has 2 rings (SSSR count). The lowest BCUT2D eigenvalue weighted by Gasteiger charge is -2.14. The van der Waals surface area contributed by atoms with Gasteiger partial charge in [-0.1, -0.05) is 0 Å². The second kappa shape index (κ2) is 6.04. The van der Waals surface area contributed by atoms with E-state index in [-0.39, 0.29) is 18.1 Å². The second-order valence-electron chi connectivity index (χ2n) is 4.47. The molecule has 0 aliphatic rings. The molecule has 0 radical (unpaired) electrons. The number of carboxylic acids is 1. The molecule has 1 N–H and O–H groups in total. The normalized spacial score (nSPS) is 11.5. The largest absolute Gasteiger partial charge is 0.484 e. The van der Waals surface area contributed by atoms with Crippen molar-refractivity contribution in [2.24, 2.45) is 0 Å². The third-order valence-corrected chi connectivity index (χ3v) is 2.88. The van der Waals surface area contributed by atoms with E-state index in [0.29, 0.717) is 11.3 Å². The number of carboxylic acid groups (broad SMARTS) is 1. The molecule has 0 amide bonds. The van der Waals surface area contributed by atoms with Crippen LogP contribution in [0.3, 0.4) is 0 Å². The van der Waals surface area contributed by atoms with E-state index in [9.17, 15) is 18.0 Å². The molecule has 118 valence electrons. The van der Waals surface area contributed by atoms with E-state index >= 15 is 0 Å². The zero-order chi connectivity index (χ0) is 16.3. The number of alkyl halides is 3. The van der Waals surface area contributed by atoms with Crippen LogP contribution in [0.4, 0.5) is 13.2 Å². The summed E-state index contributed by atoms with van der Waals surface area (Å²) in [4.78, 5) is 18.7. The molecule has 0 aliphatic heterocycles. The molecule has 0 atom stereocenters. The van der Waals surface area contributed by atoms with E-state index in [1.54, 1.807) is 6.92 Å². The van der Waals surface area contributed by atoms with Gasteiger partial charge in [0.15, 0.2) is 6.61 Å². The van der Waals surface area contributed by atoms with Gasteiger partial charge in [-0.3, -0.25) is 4.98 Å². The van der Waals surface area contributed by atoms with Crippen LogP contribution in [0.25, 0.3) is 0 Å². The fourth-order valence-corrected chi connectivity index (χ4v) is 1.83. The quantitative estimate of drug-likeness (QED) is 0.916. The highest BCUT2D eigenvalue weighted by Gasteiger charge is 2.28. The molecule has 9 heteroatoms. The van der Waals surface area contributed by atoms with Gasteiger partial charge in [0.25, 0.3) is 0 Å². The third kappa shape index (κ3) is 3.74. The molecule has 6 nitrogen and oxygen atoms in total. The number of aromatic carboxylic acids is 1. The summed E-state index contributed by atoms with van der Waals surface area (Å²) in [5.74, 6) is -1.32. The molecule has 2 heterocycles. The van der Waals surface area contributed by atoms with E-state index in [0.717, 1.165) is 0 Å². The van der Waals surface area contributed by atoms with Crippen molar-refractivity contribution >= 4 is 5.97 Å². The molecule has 0 unspecified atom stereocenters. The SMILES string of the molecule is Cc1c(OCC(F)(F)F)ccnc1Cn1ccnc1C(=O)O. The summed E-state index contributed by atoms with van der Waals surface area (Å²) in [5.41, 5.74) is 0.817. The number of hydrogen-bond donors (Lipinski definition) is 1. The van der Waals surface area contributed by atoms with Crippen molar-refractivity contribution < 1.29 is 27.8 Å². The van der Waals surface area contributed by atoms with E-state index < -0.39 is 18.8 Å². The minimum absolute atomic E-state index is 0.0549. The predicted octanol–water partition coefficient (Wildman–Crippen LogP) is 2.27. The van der Waals surface area contributed by atoms with Gasteiger partial charge in [0, 0.05) is 24.2 Å². The molecule has 0 aromatic carbocycles. The standard InChI is InChI=1S/C13H12F3N3O3/c1-8-9(6-19-5-4-18-11(19)12(20)21)17-3-2-10(8)22-7-13(14,15)16/h2-5H,6-7H2,1H3,(H,20,21). The van der Waals surface area contributed by atoms with Crippen LogP contribution in [0.15, 0.2) is 24.7 Å². The zero-order valence-corrected chi connectivity index (χ0v) is 11.5. The van der Waals surface area contributed by atoms with Gasteiger partial charge in [0.2, 0.25) is 5.82 Å². The summed E-state index contributed by atoms with van der Waals surface area (Å²) in [6, 6.07) is 1.33. The first kappa shape index (κ1) is 15.8. The summed E-state index contributed by atoms with van der Waals surface area (Å²) in [6.07, 6.45) is -0.348. The Morgan fingerprint density at radius 2 is 2.09 bits per heavy atom. The van der Waals surface area contributed by atoms with E-state index in [2.05, 4.69) is 9.97 Å². The Morgan fingerprint density at radius 3 is 2.73 bits per heavy atom. The lowest BCUT2D eigenvalue weighted by atomic mass is 10.2. The van der Waals surface area contributed by atoms with Crippen LogP contribution in [0.1, 0.15) is 21.9 Å². The molecule has 22 heavy (non-hydrogen) atoms. The van der Waals surface area contributed by atoms with Crippen LogP contribution in [-0.2, 0) is 6.54 Å². The van der Waals surface area contributed by atoms with Crippen LogP contribution in [0, 0.1) is 6.92 Å². The predicted molar refractivity (Wildman–Crippen MR) is 68.8 cm³/mol. The van der Waals surface area contributed by atoms with Gasteiger partial charge in [-0.05, 0) is 13.0 Å². The molecule has 2 aromatic rings. The fourth-order valence-electron chi connectivity index (χ4n) is 1.83. The molecule has 0 spiro atoms. The molecule has 0 saturated heterocycles. The van der Waals surface area contributed by atoms with Gasteiger partial charge in [0.05, 0.1) is 12.2 Å². The zero-order valence-electron chi connectivity index (χ0n) is 11.5. The number of imidazole rings is 1. The van der Waals surface area contributed by atoms with Gasteiger partial charge in [-0.2, -0.15) is 13.2 Å². The maximum Gasteiger partial charge on any atom is 0.422 e. The topological polar surface area (TPSA) is 77.2 Å². The Balaban J connectivity index is 2.22. The summed E-state index contributed by atoms with van der Waals surface area (Å²) >= 11 is 0. The number of nitrogens with zero attached hydrogens (tertiary/aromatic N) is 3. The van der Waals surface area contributed by atoms with Gasteiger partial charge in [-0.25, -0.2) is 9.78 Å². The fraction of sp³-hybridized carbons (Fsp3) is 0.308. The van der Waals surface area contributed by atoms with E-state index in [1.807, 2.05) is 0 Å². The second-order valence-corrected chi connectivity index (χ2v) is 4.47. The van der Waals surface area contributed by atoms with Gasteiger partial charge < -0.3 is 14.4 Å². The smallest absolute Gasteiger partial charge is 0.422 e. The highest BCUT2D eigenvalue weighted by atomic mass is 19.4. The summed E-state index contributed by atoms with van der Waals surface area (Å²) in [6.45, 7) is 0.227. The van der Waals surface area contributed by atoms with Crippen LogP contribution in [0.5, 0.6) is 5.75 Å². The van der Waals surface area contributed by atoms with Crippen LogP contribution >= 0.6 is 0 Å². The highest BCUT2D eigenvalue weighted by molar-refractivity contribution is 5.83. The summed E-state index contributed by atoms with van der Waals surface area (Å²) in [5, 5.41) is 8.98. The average Bonchev–Trinajstić information content (AvgIpc) is 2.87. The van der Waals surface area contributed by atoms with E-state index in [4.69, 9.17) is 9.84 Å². The summed E-state index contributed by atoms with van der Waals surface area (Å²) in [7, 11) is 0. The first-order valence-electron chi connectivity index (χ1n) is 6.16.